The first kappa shape index (κ1) is 8.99. The van der Waals surface area contributed by atoms with E-state index in [0.717, 1.165) is 18.4 Å². The molecule has 1 heterocycles. The highest BCUT2D eigenvalue weighted by Gasteiger charge is 2.23. The summed E-state index contributed by atoms with van der Waals surface area (Å²) in [5.41, 5.74) is 1.49. The Hall–Kier alpha value is -1.58. The predicted molar refractivity (Wildman–Crippen MR) is 48.3 cm³/mol. The number of esters is 1. The monoisotopic (exact) mass is 194 g/mol. The Morgan fingerprint density at radius 2 is 2.14 bits per heavy atom. The first-order chi connectivity index (χ1) is 6.74. The van der Waals surface area contributed by atoms with Gasteiger partial charge in [-0.3, -0.25) is 0 Å². The van der Waals surface area contributed by atoms with E-state index >= 15 is 0 Å². The van der Waals surface area contributed by atoms with Crippen molar-refractivity contribution in [1.29, 1.82) is 0 Å². The molecular formula is C10H10O4. The molecule has 1 aliphatic carbocycles. The zero-order valence-electron chi connectivity index (χ0n) is 7.83. The van der Waals surface area contributed by atoms with Crippen LogP contribution in [0.5, 0.6) is 0 Å². The third-order valence-corrected chi connectivity index (χ3v) is 2.48. The fourth-order valence-electron chi connectivity index (χ4n) is 1.80. The lowest BCUT2D eigenvalue weighted by atomic mass is 10.1. The number of methoxy groups -OCH3 is 1. The van der Waals surface area contributed by atoms with Crippen LogP contribution in [-0.2, 0) is 17.6 Å². The highest BCUT2D eigenvalue weighted by molar-refractivity contribution is 5.91. The molecule has 0 radical (unpaired) electrons. The van der Waals surface area contributed by atoms with Crippen LogP contribution in [0.3, 0.4) is 0 Å². The normalized spacial score (nSPS) is 13.8. The average Bonchev–Trinajstić information content (AvgIpc) is 2.67. The van der Waals surface area contributed by atoms with Crippen LogP contribution in [0.25, 0.3) is 0 Å². The SMILES string of the molecule is COC(=O)c1coc(=O)c2c1CCC2. The van der Waals surface area contributed by atoms with Crippen LogP contribution in [0.2, 0.25) is 0 Å². The molecule has 74 valence electrons. The summed E-state index contributed by atoms with van der Waals surface area (Å²) in [6, 6.07) is 0. The van der Waals surface area contributed by atoms with Crippen molar-refractivity contribution in [3.8, 4) is 0 Å². The second-order valence-corrected chi connectivity index (χ2v) is 3.24. The highest BCUT2D eigenvalue weighted by atomic mass is 16.5. The molecule has 4 nitrogen and oxygen atoms in total. The van der Waals surface area contributed by atoms with Gasteiger partial charge in [0.05, 0.1) is 12.7 Å². The molecule has 0 atom stereocenters. The molecule has 2 rings (SSSR count). The van der Waals surface area contributed by atoms with Gasteiger partial charge in [-0.2, -0.15) is 0 Å². The molecule has 0 amide bonds. The summed E-state index contributed by atoms with van der Waals surface area (Å²) in [6.07, 6.45) is 3.54. The van der Waals surface area contributed by atoms with Crippen LogP contribution in [0.15, 0.2) is 15.5 Å². The summed E-state index contributed by atoms with van der Waals surface area (Å²) in [7, 11) is 1.31. The summed E-state index contributed by atoms with van der Waals surface area (Å²) in [5, 5.41) is 0. The lowest BCUT2D eigenvalue weighted by Gasteiger charge is -2.03. The molecule has 0 spiro atoms. The molecule has 0 saturated carbocycles. The van der Waals surface area contributed by atoms with Crippen molar-refractivity contribution in [3.05, 3.63) is 33.4 Å². The lowest BCUT2D eigenvalue weighted by Crippen LogP contribution is -2.12. The molecule has 0 saturated heterocycles. The molecule has 0 unspecified atom stereocenters. The van der Waals surface area contributed by atoms with E-state index in [1.54, 1.807) is 0 Å². The summed E-state index contributed by atoms with van der Waals surface area (Å²) in [4.78, 5) is 22.6. The van der Waals surface area contributed by atoms with Gasteiger partial charge in [0.15, 0.2) is 0 Å². The number of ether oxygens (including phenoxy) is 1. The van der Waals surface area contributed by atoms with Gasteiger partial charge in [0, 0.05) is 5.56 Å². The number of carbonyl (C=O) groups is 1. The molecular weight excluding hydrogens is 184 g/mol. The minimum Gasteiger partial charge on any atom is -0.465 e. The van der Waals surface area contributed by atoms with Gasteiger partial charge in [-0.25, -0.2) is 9.59 Å². The molecule has 0 aliphatic heterocycles. The summed E-state index contributed by atoms with van der Waals surface area (Å²) < 4.78 is 9.37. The Morgan fingerprint density at radius 1 is 1.43 bits per heavy atom. The Bertz CT molecular complexity index is 430. The van der Waals surface area contributed by atoms with Crippen molar-refractivity contribution in [2.24, 2.45) is 0 Å². The molecule has 4 heteroatoms. The fourth-order valence-corrected chi connectivity index (χ4v) is 1.80. The van der Waals surface area contributed by atoms with Gasteiger partial charge in [-0.15, -0.1) is 0 Å². The molecule has 14 heavy (non-hydrogen) atoms. The maximum atomic E-state index is 11.3. The topological polar surface area (TPSA) is 56.5 Å². The largest absolute Gasteiger partial charge is 0.465 e. The van der Waals surface area contributed by atoms with E-state index in [2.05, 4.69) is 4.74 Å². The first-order valence-electron chi connectivity index (χ1n) is 4.46. The van der Waals surface area contributed by atoms with Gasteiger partial charge in [-0.1, -0.05) is 0 Å². The molecule has 1 aromatic heterocycles. The van der Waals surface area contributed by atoms with Gasteiger partial charge in [-0.05, 0) is 24.8 Å². The molecule has 1 aliphatic rings. The molecule has 1 aromatic rings. The van der Waals surface area contributed by atoms with Crippen LogP contribution in [-0.4, -0.2) is 13.1 Å². The zero-order valence-corrected chi connectivity index (χ0v) is 7.83. The highest BCUT2D eigenvalue weighted by Crippen LogP contribution is 2.22. The number of hydrogen-bond acceptors (Lipinski definition) is 4. The van der Waals surface area contributed by atoms with Crippen LogP contribution in [0.1, 0.15) is 27.9 Å². The maximum absolute atomic E-state index is 11.3. The van der Waals surface area contributed by atoms with Crippen LogP contribution in [0.4, 0.5) is 0 Å². The maximum Gasteiger partial charge on any atom is 0.341 e. The van der Waals surface area contributed by atoms with E-state index in [9.17, 15) is 9.59 Å². The molecule has 0 fully saturated rings. The molecule has 0 aromatic carbocycles. The van der Waals surface area contributed by atoms with Crippen LogP contribution < -0.4 is 5.63 Å². The van der Waals surface area contributed by atoms with E-state index in [0.29, 0.717) is 17.5 Å². The number of carbonyl (C=O) groups excluding carboxylic acids is 1. The van der Waals surface area contributed by atoms with E-state index < -0.39 is 5.97 Å². The Labute approximate surface area is 80.5 Å². The van der Waals surface area contributed by atoms with Crippen molar-refractivity contribution in [2.75, 3.05) is 7.11 Å². The van der Waals surface area contributed by atoms with E-state index in [-0.39, 0.29) is 5.63 Å². The number of hydrogen-bond donors (Lipinski definition) is 0. The van der Waals surface area contributed by atoms with E-state index in [4.69, 9.17) is 4.42 Å². The van der Waals surface area contributed by atoms with Gasteiger partial charge < -0.3 is 9.15 Å². The van der Waals surface area contributed by atoms with Gasteiger partial charge in [0.2, 0.25) is 0 Å². The summed E-state index contributed by atoms with van der Waals surface area (Å²) >= 11 is 0. The summed E-state index contributed by atoms with van der Waals surface area (Å²) in [6.45, 7) is 0. The number of rotatable bonds is 1. The van der Waals surface area contributed by atoms with Crippen molar-refractivity contribution < 1.29 is 13.9 Å². The molecule has 0 bridgehead atoms. The lowest BCUT2D eigenvalue weighted by molar-refractivity contribution is 0.0596. The molecule has 0 N–H and O–H groups in total. The zero-order chi connectivity index (χ0) is 10.1. The van der Waals surface area contributed by atoms with Crippen molar-refractivity contribution in [3.63, 3.8) is 0 Å². The Morgan fingerprint density at radius 3 is 2.86 bits per heavy atom. The second kappa shape index (κ2) is 3.29. The second-order valence-electron chi connectivity index (χ2n) is 3.24. The summed E-state index contributed by atoms with van der Waals surface area (Å²) in [5.74, 6) is -0.438. The quantitative estimate of drug-likeness (QED) is 0.623. The van der Waals surface area contributed by atoms with Gasteiger partial charge in [0.25, 0.3) is 0 Å². The minimum absolute atomic E-state index is 0.329. The third-order valence-electron chi connectivity index (χ3n) is 2.48. The van der Waals surface area contributed by atoms with Crippen LogP contribution >= 0.6 is 0 Å². The van der Waals surface area contributed by atoms with Gasteiger partial charge in [0.1, 0.15) is 6.26 Å². The standard InChI is InChI=1S/C10H10O4/c1-13-9(11)8-5-14-10(12)7-4-2-3-6(7)8/h5H,2-4H2,1H3. The van der Waals surface area contributed by atoms with Crippen molar-refractivity contribution in [2.45, 2.75) is 19.3 Å². The smallest absolute Gasteiger partial charge is 0.341 e. The van der Waals surface area contributed by atoms with Crippen LogP contribution in [0, 0.1) is 0 Å². The minimum atomic E-state index is -0.438. The van der Waals surface area contributed by atoms with E-state index in [1.165, 1.54) is 13.4 Å². The Balaban J connectivity index is 2.59. The van der Waals surface area contributed by atoms with Crippen molar-refractivity contribution in [1.82, 2.24) is 0 Å². The van der Waals surface area contributed by atoms with E-state index in [1.807, 2.05) is 0 Å². The number of fused-ring (bicyclic) bond motifs is 1. The third kappa shape index (κ3) is 1.23. The average molecular weight is 194 g/mol. The predicted octanol–water partition coefficient (Wildman–Crippen LogP) is 0.915. The fraction of sp³-hybridized carbons (Fsp3) is 0.400. The van der Waals surface area contributed by atoms with Gasteiger partial charge >= 0.3 is 11.6 Å². The van der Waals surface area contributed by atoms with Crippen molar-refractivity contribution >= 4 is 5.97 Å². The first-order valence-corrected chi connectivity index (χ1v) is 4.46. The Kier molecular flexibility index (Phi) is 2.11.